The summed E-state index contributed by atoms with van der Waals surface area (Å²) in [4.78, 5) is 20.3. The van der Waals surface area contributed by atoms with Crippen LogP contribution in [0.15, 0.2) is 29.4 Å². The third-order valence-electron chi connectivity index (χ3n) is 1.44. The van der Waals surface area contributed by atoms with E-state index < -0.39 is 5.91 Å². The molecule has 0 radical (unpaired) electrons. The molecule has 12 heavy (non-hydrogen) atoms. The summed E-state index contributed by atoms with van der Waals surface area (Å²) in [5.41, 5.74) is 6.79. The van der Waals surface area contributed by atoms with Gasteiger partial charge in [-0.15, -0.1) is 4.91 Å². The molecule has 0 bridgehead atoms. The highest BCUT2D eigenvalue weighted by atomic mass is 16.3. The fourth-order valence-electron chi connectivity index (χ4n) is 0.842. The first-order chi connectivity index (χ1) is 5.72. The van der Waals surface area contributed by atoms with Gasteiger partial charge in [0.15, 0.2) is 0 Å². The number of hydrogen-bond donors (Lipinski definition) is 1. The van der Waals surface area contributed by atoms with Gasteiger partial charge in [-0.2, -0.15) is 0 Å². The molecule has 0 aliphatic heterocycles. The fraction of sp³-hybridized carbons (Fsp3) is 0.125. The summed E-state index contributed by atoms with van der Waals surface area (Å²) in [7, 11) is 0. The number of carbonyl (C=O) groups excluding carboxylic acids is 1. The second-order valence-electron chi connectivity index (χ2n) is 2.40. The van der Waals surface area contributed by atoms with Crippen LogP contribution in [0.25, 0.3) is 0 Å². The maximum absolute atomic E-state index is 10.6. The van der Waals surface area contributed by atoms with Crippen molar-refractivity contribution in [1.82, 2.24) is 0 Å². The zero-order valence-electron chi connectivity index (χ0n) is 6.36. The molecule has 0 aromatic heterocycles. The monoisotopic (exact) mass is 164 g/mol. The molecule has 1 aromatic rings. The molecule has 1 amide bonds. The Labute approximate surface area is 69.4 Å². The summed E-state index contributed by atoms with van der Waals surface area (Å²) in [6.07, 6.45) is 0.0454. The number of carbonyl (C=O) groups is 1. The minimum Gasteiger partial charge on any atom is -0.399 e. The molecule has 0 unspecified atom stereocenters. The number of rotatable bonds is 2. The third-order valence-corrected chi connectivity index (χ3v) is 1.44. The van der Waals surface area contributed by atoms with Gasteiger partial charge in [0.25, 0.3) is 5.91 Å². The van der Waals surface area contributed by atoms with Crippen LogP contribution < -0.4 is 5.73 Å². The van der Waals surface area contributed by atoms with Crippen molar-refractivity contribution < 1.29 is 4.79 Å². The zero-order valence-corrected chi connectivity index (χ0v) is 6.36. The Morgan fingerprint density at radius 2 is 1.92 bits per heavy atom. The summed E-state index contributed by atoms with van der Waals surface area (Å²) < 4.78 is 0. The van der Waals surface area contributed by atoms with Crippen LogP contribution in [-0.4, -0.2) is 5.91 Å². The first-order valence-corrected chi connectivity index (χ1v) is 3.43. The fourth-order valence-corrected chi connectivity index (χ4v) is 0.842. The molecule has 2 N–H and O–H groups in total. The van der Waals surface area contributed by atoms with E-state index in [2.05, 4.69) is 5.18 Å². The lowest BCUT2D eigenvalue weighted by atomic mass is 10.1. The van der Waals surface area contributed by atoms with Gasteiger partial charge < -0.3 is 5.73 Å². The zero-order chi connectivity index (χ0) is 8.97. The van der Waals surface area contributed by atoms with Crippen molar-refractivity contribution in [2.75, 3.05) is 5.73 Å². The van der Waals surface area contributed by atoms with Crippen molar-refractivity contribution in [1.29, 1.82) is 0 Å². The van der Waals surface area contributed by atoms with E-state index in [-0.39, 0.29) is 6.42 Å². The lowest BCUT2D eigenvalue weighted by Crippen LogP contribution is -1.97. The number of anilines is 1. The van der Waals surface area contributed by atoms with E-state index in [9.17, 15) is 9.70 Å². The van der Waals surface area contributed by atoms with Crippen LogP contribution in [0.2, 0.25) is 0 Å². The van der Waals surface area contributed by atoms with Crippen LogP contribution in [0.4, 0.5) is 5.69 Å². The van der Waals surface area contributed by atoms with E-state index in [0.29, 0.717) is 5.69 Å². The molecule has 0 saturated carbocycles. The maximum atomic E-state index is 10.6. The van der Waals surface area contributed by atoms with Crippen molar-refractivity contribution in [3.63, 3.8) is 0 Å². The van der Waals surface area contributed by atoms with Gasteiger partial charge in [0, 0.05) is 10.9 Å². The van der Waals surface area contributed by atoms with Crippen LogP contribution >= 0.6 is 0 Å². The standard InChI is InChI=1S/C8H8N2O2/c9-7-3-1-6(2-4-7)5-8(11)10-12/h1-4H,5,9H2. The highest BCUT2D eigenvalue weighted by molar-refractivity contribution is 5.79. The highest BCUT2D eigenvalue weighted by Gasteiger charge is 2.01. The lowest BCUT2D eigenvalue weighted by molar-refractivity contribution is -0.117. The van der Waals surface area contributed by atoms with Crippen LogP contribution in [0.3, 0.4) is 0 Å². The van der Waals surface area contributed by atoms with E-state index in [1.165, 1.54) is 0 Å². The normalized spacial score (nSPS) is 9.33. The quantitative estimate of drug-likeness (QED) is 0.525. The van der Waals surface area contributed by atoms with Gasteiger partial charge in [-0.3, -0.25) is 4.79 Å². The van der Waals surface area contributed by atoms with Crippen LogP contribution in [0.5, 0.6) is 0 Å². The number of nitrogen functional groups attached to an aromatic ring is 1. The number of nitrogens with zero attached hydrogens (tertiary/aromatic N) is 1. The number of benzene rings is 1. The molecule has 0 atom stereocenters. The van der Waals surface area contributed by atoms with Crippen molar-refractivity contribution in [2.45, 2.75) is 6.42 Å². The number of hydrogen-bond acceptors (Lipinski definition) is 3. The van der Waals surface area contributed by atoms with Gasteiger partial charge in [-0.25, -0.2) is 0 Å². The Bertz CT molecular complexity index is 292. The molecule has 0 aliphatic rings. The SMILES string of the molecule is Nc1ccc(CC(=O)N=O)cc1. The van der Waals surface area contributed by atoms with E-state index in [4.69, 9.17) is 5.73 Å². The van der Waals surface area contributed by atoms with Gasteiger partial charge in [0.05, 0.1) is 6.42 Å². The molecular weight excluding hydrogens is 156 g/mol. The molecule has 62 valence electrons. The number of amides is 1. The second-order valence-corrected chi connectivity index (χ2v) is 2.40. The minimum absolute atomic E-state index is 0.0454. The van der Waals surface area contributed by atoms with Crippen molar-refractivity contribution in [3.8, 4) is 0 Å². The van der Waals surface area contributed by atoms with Crippen LogP contribution in [0, 0.1) is 4.91 Å². The Morgan fingerprint density at radius 1 is 1.33 bits per heavy atom. The van der Waals surface area contributed by atoms with Crippen LogP contribution in [0.1, 0.15) is 5.56 Å². The summed E-state index contributed by atoms with van der Waals surface area (Å²) in [5.74, 6) is -0.667. The van der Waals surface area contributed by atoms with Crippen molar-refractivity contribution in [2.24, 2.45) is 5.18 Å². The Hall–Kier alpha value is -1.71. The number of nitroso groups, excluding NO2 is 1. The summed E-state index contributed by atoms with van der Waals surface area (Å²) >= 11 is 0. The molecule has 0 aliphatic carbocycles. The second kappa shape index (κ2) is 3.61. The largest absolute Gasteiger partial charge is 0.399 e. The molecule has 0 spiro atoms. The van der Waals surface area contributed by atoms with Gasteiger partial charge in [-0.05, 0) is 17.7 Å². The molecule has 0 saturated heterocycles. The molecule has 0 heterocycles. The van der Waals surface area contributed by atoms with E-state index >= 15 is 0 Å². The predicted molar refractivity (Wildman–Crippen MR) is 45.4 cm³/mol. The van der Waals surface area contributed by atoms with Gasteiger partial charge in [0.1, 0.15) is 0 Å². The molecular formula is C8H8N2O2. The average Bonchev–Trinajstić information content (AvgIpc) is 2.09. The van der Waals surface area contributed by atoms with Crippen LogP contribution in [-0.2, 0) is 11.2 Å². The Morgan fingerprint density at radius 3 is 2.42 bits per heavy atom. The van der Waals surface area contributed by atoms with Crippen molar-refractivity contribution in [3.05, 3.63) is 34.7 Å². The average molecular weight is 164 g/mol. The van der Waals surface area contributed by atoms with Gasteiger partial charge in [-0.1, -0.05) is 12.1 Å². The van der Waals surface area contributed by atoms with E-state index in [1.807, 2.05) is 0 Å². The molecule has 4 heteroatoms. The topological polar surface area (TPSA) is 72.5 Å². The maximum Gasteiger partial charge on any atom is 0.290 e. The Balaban J connectivity index is 2.71. The summed E-state index contributed by atoms with van der Waals surface area (Å²) in [6, 6.07) is 6.73. The predicted octanol–water partition coefficient (Wildman–Crippen LogP) is 1.10. The first-order valence-electron chi connectivity index (χ1n) is 3.43. The third kappa shape index (κ3) is 2.16. The van der Waals surface area contributed by atoms with E-state index in [1.54, 1.807) is 24.3 Å². The van der Waals surface area contributed by atoms with Gasteiger partial charge in [0.2, 0.25) is 0 Å². The smallest absolute Gasteiger partial charge is 0.290 e. The Kier molecular flexibility index (Phi) is 2.53. The summed E-state index contributed by atoms with van der Waals surface area (Å²) in [5, 5.41) is 2.29. The lowest BCUT2D eigenvalue weighted by Gasteiger charge is -1.95. The molecule has 1 rings (SSSR count). The highest BCUT2D eigenvalue weighted by Crippen LogP contribution is 2.06. The molecule has 1 aromatic carbocycles. The number of nitrogens with two attached hydrogens (primary N) is 1. The molecule has 4 nitrogen and oxygen atoms in total. The van der Waals surface area contributed by atoms with E-state index in [0.717, 1.165) is 5.56 Å². The first kappa shape index (κ1) is 8.39. The van der Waals surface area contributed by atoms with Crippen molar-refractivity contribution >= 4 is 11.6 Å². The minimum atomic E-state index is -0.667. The van der Waals surface area contributed by atoms with Gasteiger partial charge >= 0.3 is 0 Å². The molecule has 0 fully saturated rings. The summed E-state index contributed by atoms with van der Waals surface area (Å²) in [6.45, 7) is 0.